The first-order valence-corrected chi connectivity index (χ1v) is 9.64. The molecule has 1 aliphatic rings. The van der Waals surface area contributed by atoms with Gasteiger partial charge < -0.3 is 15.2 Å². The zero-order chi connectivity index (χ0) is 21.0. The lowest BCUT2D eigenvalue weighted by molar-refractivity contribution is -0.142. The highest BCUT2D eigenvalue weighted by atomic mass is 32.2. The van der Waals surface area contributed by atoms with Gasteiger partial charge in [-0.1, -0.05) is 30.0 Å². The van der Waals surface area contributed by atoms with E-state index in [2.05, 4.69) is 10.1 Å². The van der Waals surface area contributed by atoms with Crippen LogP contribution in [0.2, 0.25) is 0 Å². The number of carbonyl (C=O) groups is 3. The molecular weight excluding hydrogens is 399 g/mol. The first-order valence-electron chi connectivity index (χ1n) is 8.76. The van der Waals surface area contributed by atoms with Gasteiger partial charge in [-0.3, -0.25) is 19.7 Å². The summed E-state index contributed by atoms with van der Waals surface area (Å²) >= 11 is 0.899. The number of amides is 2. The van der Waals surface area contributed by atoms with Crippen LogP contribution in [0.15, 0.2) is 42.5 Å². The van der Waals surface area contributed by atoms with E-state index < -0.39 is 28.3 Å². The van der Waals surface area contributed by atoms with Crippen LogP contribution in [-0.2, 0) is 27.2 Å². The highest BCUT2D eigenvalue weighted by molar-refractivity contribution is 8.15. The normalized spacial score (nSPS) is 17.0. The molecule has 2 unspecified atom stereocenters. The van der Waals surface area contributed by atoms with E-state index in [9.17, 15) is 18.8 Å². The lowest BCUT2D eigenvalue weighted by Crippen LogP contribution is -2.33. The van der Waals surface area contributed by atoms with Crippen molar-refractivity contribution in [1.29, 1.82) is 0 Å². The number of esters is 1. The summed E-state index contributed by atoms with van der Waals surface area (Å²) in [7, 11) is 1.28. The van der Waals surface area contributed by atoms with Crippen molar-refractivity contribution in [3.63, 3.8) is 0 Å². The molecule has 152 valence electrons. The molecule has 3 rings (SSSR count). The zero-order valence-electron chi connectivity index (χ0n) is 15.5. The van der Waals surface area contributed by atoms with Gasteiger partial charge in [-0.25, -0.2) is 4.39 Å². The van der Waals surface area contributed by atoms with Gasteiger partial charge in [0.15, 0.2) is 11.6 Å². The predicted molar refractivity (Wildman–Crippen MR) is 105 cm³/mol. The first kappa shape index (κ1) is 20.8. The van der Waals surface area contributed by atoms with Gasteiger partial charge in [-0.2, -0.15) is 0 Å². The Balaban J connectivity index is 1.62. The number of thioether (sulfide) groups is 1. The van der Waals surface area contributed by atoms with Crippen molar-refractivity contribution in [3.8, 4) is 11.5 Å². The van der Waals surface area contributed by atoms with Crippen LogP contribution in [0, 0.1) is 5.82 Å². The van der Waals surface area contributed by atoms with Crippen LogP contribution in [-0.4, -0.2) is 35.5 Å². The Morgan fingerprint density at radius 1 is 1.21 bits per heavy atom. The molecule has 2 atom stereocenters. The molecule has 9 heteroatoms. The van der Waals surface area contributed by atoms with Gasteiger partial charge in [-0.15, -0.1) is 0 Å². The monoisotopic (exact) mass is 418 g/mol. The first-order chi connectivity index (χ1) is 13.9. The standard InChI is InChI=1S/C20H19FN2O5S/c1-27-19(25)15(22)9-11-2-5-13(6-3-11)28-16-7-4-12(8-14(16)21)10-17-18(24)23-20(26)29-17/h2-8,15,17H,9-10,22H2,1H3,(H,23,24,26). The van der Waals surface area contributed by atoms with E-state index >= 15 is 0 Å². The van der Waals surface area contributed by atoms with E-state index in [0.717, 1.165) is 17.3 Å². The van der Waals surface area contributed by atoms with E-state index in [-0.39, 0.29) is 18.1 Å². The van der Waals surface area contributed by atoms with Crippen molar-refractivity contribution in [2.75, 3.05) is 7.11 Å². The zero-order valence-corrected chi connectivity index (χ0v) is 16.3. The van der Waals surface area contributed by atoms with Gasteiger partial charge >= 0.3 is 5.97 Å². The summed E-state index contributed by atoms with van der Waals surface area (Å²) in [5, 5.41) is 1.25. The Bertz CT molecular complexity index is 935. The van der Waals surface area contributed by atoms with Crippen molar-refractivity contribution in [3.05, 3.63) is 59.4 Å². The summed E-state index contributed by atoms with van der Waals surface area (Å²) in [6.07, 6.45) is 0.555. The summed E-state index contributed by atoms with van der Waals surface area (Å²) in [5.74, 6) is -0.983. The number of nitrogens with two attached hydrogens (primary N) is 1. The number of hydrogen-bond donors (Lipinski definition) is 2. The fourth-order valence-electron chi connectivity index (χ4n) is 2.80. The largest absolute Gasteiger partial charge is 0.468 e. The molecule has 2 aromatic rings. The fourth-order valence-corrected chi connectivity index (χ4v) is 3.66. The minimum Gasteiger partial charge on any atom is -0.468 e. The van der Waals surface area contributed by atoms with Crippen LogP contribution in [0.5, 0.6) is 11.5 Å². The summed E-state index contributed by atoms with van der Waals surface area (Å²) in [6.45, 7) is 0. The molecule has 1 saturated heterocycles. The molecule has 1 fully saturated rings. The number of halogens is 1. The third-order valence-electron chi connectivity index (χ3n) is 4.30. The third kappa shape index (κ3) is 5.33. The van der Waals surface area contributed by atoms with Gasteiger partial charge in [0, 0.05) is 0 Å². The molecule has 0 radical (unpaired) electrons. The number of hydrogen-bond acceptors (Lipinski definition) is 7. The number of imide groups is 1. The van der Waals surface area contributed by atoms with Crippen molar-refractivity contribution in [1.82, 2.24) is 5.32 Å². The number of nitrogens with one attached hydrogen (secondary N) is 1. The Morgan fingerprint density at radius 3 is 2.48 bits per heavy atom. The maximum Gasteiger partial charge on any atom is 0.322 e. The van der Waals surface area contributed by atoms with Crippen LogP contribution in [0.3, 0.4) is 0 Å². The molecule has 0 spiro atoms. The highest BCUT2D eigenvalue weighted by Crippen LogP contribution is 2.28. The quantitative estimate of drug-likeness (QED) is 0.666. The van der Waals surface area contributed by atoms with Gasteiger partial charge in [0.25, 0.3) is 5.24 Å². The van der Waals surface area contributed by atoms with Gasteiger partial charge in [0.1, 0.15) is 11.8 Å². The maximum absolute atomic E-state index is 14.4. The number of carbonyl (C=O) groups excluding carboxylic acids is 3. The molecule has 0 saturated carbocycles. The van der Waals surface area contributed by atoms with Crippen LogP contribution < -0.4 is 15.8 Å². The van der Waals surface area contributed by atoms with E-state index in [1.165, 1.54) is 19.2 Å². The minimum absolute atomic E-state index is 0.0346. The second-order valence-corrected chi connectivity index (χ2v) is 7.61. The van der Waals surface area contributed by atoms with Crippen molar-refractivity contribution < 1.29 is 28.2 Å². The molecule has 1 aliphatic heterocycles. The summed E-state index contributed by atoms with van der Waals surface area (Å²) in [5.41, 5.74) is 7.13. The molecule has 29 heavy (non-hydrogen) atoms. The summed E-state index contributed by atoms with van der Waals surface area (Å²) < 4.78 is 24.6. The van der Waals surface area contributed by atoms with Crippen LogP contribution >= 0.6 is 11.8 Å². The maximum atomic E-state index is 14.4. The molecule has 3 N–H and O–H groups in total. The average molecular weight is 418 g/mol. The van der Waals surface area contributed by atoms with E-state index in [4.69, 9.17) is 10.5 Å². The van der Waals surface area contributed by atoms with Crippen LogP contribution in [0.1, 0.15) is 11.1 Å². The third-order valence-corrected chi connectivity index (χ3v) is 5.28. The number of ether oxygens (including phenoxy) is 2. The molecule has 0 aromatic heterocycles. The second-order valence-electron chi connectivity index (χ2n) is 6.43. The molecule has 2 aromatic carbocycles. The summed E-state index contributed by atoms with van der Waals surface area (Å²) in [6, 6.07) is 10.4. The minimum atomic E-state index is -0.757. The molecular formula is C20H19FN2O5S. The number of benzene rings is 2. The SMILES string of the molecule is COC(=O)C(N)Cc1ccc(Oc2ccc(CC3SC(=O)NC3=O)cc2F)cc1. The number of rotatable bonds is 7. The highest BCUT2D eigenvalue weighted by Gasteiger charge is 2.31. The molecule has 0 aliphatic carbocycles. The van der Waals surface area contributed by atoms with E-state index in [0.29, 0.717) is 17.7 Å². The van der Waals surface area contributed by atoms with Gasteiger partial charge in [0.05, 0.1) is 12.4 Å². The Labute approximate surface area is 170 Å². The van der Waals surface area contributed by atoms with E-state index in [1.807, 2.05) is 0 Å². The van der Waals surface area contributed by atoms with Crippen molar-refractivity contribution in [2.24, 2.45) is 5.73 Å². The molecule has 0 bridgehead atoms. The van der Waals surface area contributed by atoms with Crippen LogP contribution in [0.4, 0.5) is 9.18 Å². The Morgan fingerprint density at radius 2 is 1.90 bits per heavy atom. The Hall–Kier alpha value is -2.91. The second kappa shape index (κ2) is 9.06. The number of methoxy groups -OCH3 is 1. The summed E-state index contributed by atoms with van der Waals surface area (Å²) in [4.78, 5) is 34.2. The lowest BCUT2D eigenvalue weighted by Gasteiger charge is -2.11. The van der Waals surface area contributed by atoms with Crippen molar-refractivity contribution in [2.45, 2.75) is 24.1 Å². The lowest BCUT2D eigenvalue weighted by atomic mass is 10.1. The smallest absolute Gasteiger partial charge is 0.322 e. The topological polar surface area (TPSA) is 108 Å². The molecule has 1 heterocycles. The fraction of sp³-hybridized carbons (Fsp3) is 0.250. The van der Waals surface area contributed by atoms with Crippen molar-refractivity contribution >= 4 is 28.9 Å². The van der Waals surface area contributed by atoms with E-state index in [1.54, 1.807) is 30.3 Å². The van der Waals surface area contributed by atoms with Gasteiger partial charge in [0.2, 0.25) is 5.91 Å². The molecule has 7 nitrogen and oxygen atoms in total. The average Bonchev–Trinajstić information content (AvgIpc) is 3.01. The van der Waals surface area contributed by atoms with Gasteiger partial charge in [-0.05, 0) is 48.2 Å². The predicted octanol–water partition coefficient (Wildman–Crippen LogP) is 2.55. The van der Waals surface area contributed by atoms with Crippen LogP contribution in [0.25, 0.3) is 0 Å². The Kier molecular flexibility index (Phi) is 6.50. The molecule has 2 amide bonds.